The average Bonchev–Trinajstić information content (AvgIpc) is 3.36. The zero-order valence-electron chi connectivity index (χ0n) is 14.0. The molecule has 0 radical (unpaired) electrons. The van der Waals surface area contributed by atoms with E-state index in [0.717, 1.165) is 18.4 Å². The molecule has 5 atom stereocenters. The number of piperidine rings is 1. The van der Waals surface area contributed by atoms with Crippen LogP contribution in [0, 0.1) is 0 Å². The largest absolute Gasteiger partial charge is 0.462 e. The van der Waals surface area contributed by atoms with Crippen LogP contribution in [0.4, 0.5) is 0 Å². The molecule has 0 spiro atoms. The van der Waals surface area contributed by atoms with E-state index in [0.29, 0.717) is 24.3 Å². The molecule has 24 heavy (non-hydrogen) atoms. The van der Waals surface area contributed by atoms with E-state index in [4.69, 9.17) is 9.47 Å². The van der Waals surface area contributed by atoms with Gasteiger partial charge in [0.25, 0.3) is 0 Å². The predicted molar refractivity (Wildman–Crippen MR) is 94.2 cm³/mol. The second-order valence-electron chi connectivity index (χ2n) is 6.54. The second-order valence-corrected chi connectivity index (χ2v) is 6.54. The van der Waals surface area contributed by atoms with Crippen molar-refractivity contribution in [1.29, 1.82) is 0 Å². The molecule has 1 aromatic rings. The standard InChI is InChI=1S/C17H21NO4.CH3Br/c1-18-13-7-11(8-14(18)16-15(13)22-16)21-17(20)12(9-19)10-5-3-2-4-6-10;1-2/h2-6,11-16,19H,7-9H2,1H3;1H3/t11?,12-,13?,14?,15?,16?;/m1./s1. The zero-order valence-corrected chi connectivity index (χ0v) is 15.6. The molecule has 3 aliphatic heterocycles. The first kappa shape index (κ1) is 17.9. The summed E-state index contributed by atoms with van der Waals surface area (Å²) in [4.78, 5) is 14.8. The first-order chi connectivity index (χ1) is 11.7. The highest BCUT2D eigenvalue weighted by Gasteiger charge is 2.62. The van der Waals surface area contributed by atoms with Crippen molar-refractivity contribution in [1.82, 2.24) is 4.90 Å². The van der Waals surface area contributed by atoms with Crippen molar-refractivity contribution in [2.75, 3.05) is 19.5 Å². The molecule has 5 nitrogen and oxygen atoms in total. The molecule has 3 heterocycles. The lowest BCUT2D eigenvalue weighted by molar-refractivity contribution is -0.156. The summed E-state index contributed by atoms with van der Waals surface area (Å²) in [6.07, 6.45) is 2.26. The van der Waals surface area contributed by atoms with Gasteiger partial charge in [-0.2, -0.15) is 0 Å². The van der Waals surface area contributed by atoms with Crippen LogP contribution < -0.4 is 0 Å². The molecule has 0 aliphatic carbocycles. The molecule has 0 amide bonds. The second kappa shape index (κ2) is 7.52. The topological polar surface area (TPSA) is 62.3 Å². The predicted octanol–water partition coefficient (Wildman–Crippen LogP) is 1.93. The number of benzene rings is 1. The lowest BCUT2D eigenvalue weighted by atomic mass is 9.97. The van der Waals surface area contributed by atoms with Crippen molar-refractivity contribution in [3.05, 3.63) is 35.9 Å². The van der Waals surface area contributed by atoms with Gasteiger partial charge in [0.05, 0.1) is 6.61 Å². The number of rotatable bonds is 4. The molecule has 0 saturated carbocycles. The molecule has 3 aliphatic rings. The molecule has 3 saturated heterocycles. The van der Waals surface area contributed by atoms with Crippen molar-refractivity contribution in [2.45, 2.75) is 49.2 Å². The Morgan fingerprint density at radius 2 is 1.88 bits per heavy atom. The maximum absolute atomic E-state index is 12.4. The summed E-state index contributed by atoms with van der Waals surface area (Å²) in [5.74, 6) is 0.897. The number of hydrogen-bond donors (Lipinski definition) is 1. The smallest absolute Gasteiger partial charge is 0.316 e. The Balaban J connectivity index is 0.000000815. The fourth-order valence-electron chi connectivity index (χ4n) is 4.04. The molecule has 132 valence electrons. The Labute approximate surface area is 151 Å². The summed E-state index contributed by atoms with van der Waals surface area (Å²) in [5.41, 5.74) is 0.803. The molecule has 1 aromatic carbocycles. The Morgan fingerprint density at radius 1 is 1.29 bits per heavy atom. The number of carbonyl (C=O) groups is 1. The van der Waals surface area contributed by atoms with E-state index in [2.05, 4.69) is 27.9 Å². The number of fused-ring (bicyclic) bond motifs is 5. The molecular formula is C18H24BrNO4. The molecule has 4 rings (SSSR count). The Bertz CT molecular complexity index is 551. The number of carbonyl (C=O) groups excluding carboxylic acids is 1. The number of epoxide rings is 1. The van der Waals surface area contributed by atoms with Crippen LogP contribution in [0.2, 0.25) is 0 Å². The van der Waals surface area contributed by atoms with Crippen LogP contribution in [0.15, 0.2) is 30.3 Å². The first-order valence-electron chi connectivity index (χ1n) is 8.30. The number of morpholine rings is 1. The monoisotopic (exact) mass is 397 g/mol. The van der Waals surface area contributed by atoms with Crippen molar-refractivity contribution in [3.8, 4) is 0 Å². The lowest BCUT2D eigenvalue weighted by Crippen LogP contribution is -2.48. The van der Waals surface area contributed by atoms with Crippen molar-refractivity contribution in [2.24, 2.45) is 0 Å². The van der Waals surface area contributed by atoms with Crippen LogP contribution in [0.1, 0.15) is 24.3 Å². The van der Waals surface area contributed by atoms with Gasteiger partial charge < -0.3 is 14.6 Å². The van der Waals surface area contributed by atoms with Gasteiger partial charge in [-0.05, 0) is 18.4 Å². The molecule has 3 fully saturated rings. The number of esters is 1. The van der Waals surface area contributed by atoms with E-state index in [1.165, 1.54) is 0 Å². The maximum atomic E-state index is 12.4. The summed E-state index contributed by atoms with van der Waals surface area (Å²) < 4.78 is 11.4. The van der Waals surface area contributed by atoms with Crippen LogP contribution >= 0.6 is 15.9 Å². The van der Waals surface area contributed by atoms with Gasteiger partial charge in [-0.3, -0.25) is 9.69 Å². The lowest BCUT2D eigenvalue weighted by Gasteiger charge is -2.38. The minimum absolute atomic E-state index is 0.0622. The van der Waals surface area contributed by atoms with Gasteiger partial charge in [0.1, 0.15) is 24.2 Å². The van der Waals surface area contributed by atoms with E-state index in [1.807, 2.05) is 36.2 Å². The van der Waals surface area contributed by atoms with E-state index in [1.54, 1.807) is 0 Å². The Hall–Kier alpha value is -0.950. The fourth-order valence-corrected chi connectivity index (χ4v) is 4.04. The third-order valence-corrected chi connectivity index (χ3v) is 5.33. The van der Waals surface area contributed by atoms with Crippen LogP contribution in [-0.4, -0.2) is 65.9 Å². The van der Waals surface area contributed by atoms with Crippen LogP contribution in [0.5, 0.6) is 0 Å². The van der Waals surface area contributed by atoms with Crippen molar-refractivity contribution >= 4 is 21.9 Å². The minimum atomic E-state index is -0.593. The average molecular weight is 398 g/mol. The molecular weight excluding hydrogens is 374 g/mol. The minimum Gasteiger partial charge on any atom is -0.462 e. The molecule has 0 aromatic heterocycles. The van der Waals surface area contributed by atoms with Crippen LogP contribution in [0.3, 0.4) is 0 Å². The number of nitrogens with zero attached hydrogens (tertiary/aromatic N) is 1. The van der Waals surface area contributed by atoms with Gasteiger partial charge in [-0.1, -0.05) is 46.3 Å². The summed E-state index contributed by atoms with van der Waals surface area (Å²) in [6.45, 7) is -0.226. The van der Waals surface area contributed by atoms with Gasteiger partial charge in [-0.25, -0.2) is 0 Å². The number of alkyl halides is 1. The van der Waals surface area contributed by atoms with E-state index < -0.39 is 5.92 Å². The van der Waals surface area contributed by atoms with Crippen molar-refractivity contribution in [3.63, 3.8) is 0 Å². The highest BCUT2D eigenvalue weighted by Crippen LogP contribution is 2.48. The van der Waals surface area contributed by atoms with Gasteiger partial charge in [0, 0.05) is 24.9 Å². The first-order valence-corrected chi connectivity index (χ1v) is 9.89. The summed E-state index contributed by atoms with van der Waals surface area (Å²) in [6, 6.07) is 10.1. The third-order valence-electron chi connectivity index (χ3n) is 5.33. The number of aliphatic hydroxyl groups is 1. The number of halogens is 1. The normalized spacial score (nSPS) is 34.6. The van der Waals surface area contributed by atoms with E-state index >= 15 is 0 Å². The molecule has 1 N–H and O–H groups in total. The summed E-state index contributed by atoms with van der Waals surface area (Å²) >= 11 is 2.94. The third kappa shape index (κ3) is 3.25. The highest BCUT2D eigenvalue weighted by molar-refractivity contribution is 9.08. The number of likely N-dealkylation sites (N-methyl/N-ethyl adjacent to an activating group) is 1. The molecule has 4 unspecified atom stereocenters. The van der Waals surface area contributed by atoms with E-state index in [-0.39, 0.29) is 18.7 Å². The van der Waals surface area contributed by atoms with Gasteiger partial charge in [-0.15, -0.1) is 0 Å². The van der Waals surface area contributed by atoms with Gasteiger partial charge in [0.15, 0.2) is 0 Å². The van der Waals surface area contributed by atoms with Crippen LogP contribution in [-0.2, 0) is 14.3 Å². The van der Waals surface area contributed by atoms with Gasteiger partial charge >= 0.3 is 5.97 Å². The molecule has 2 bridgehead atoms. The summed E-state index contributed by atoms with van der Waals surface area (Å²) in [7, 11) is 2.13. The van der Waals surface area contributed by atoms with Gasteiger partial charge in [0.2, 0.25) is 0 Å². The summed E-state index contributed by atoms with van der Waals surface area (Å²) in [5, 5.41) is 9.56. The van der Waals surface area contributed by atoms with Crippen molar-refractivity contribution < 1.29 is 19.4 Å². The highest BCUT2D eigenvalue weighted by atomic mass is 79.9. The van der Waals surface area contributed by atoms with Crippen LogP contribution in [0.25, 0.3) is 0 Å². The Morgan fingerprint density at radius 3 is 2.42 bits per heavy atom. The number of ether oxygens (including phenoxy) is 2. The SMILES string of the molecule is CBr.CN1C2CC(OC(=O)[C@H](CO)c3ccccc3)CC1C1OC12. The number of aliphatic hydroxyl groups excluding tert-OH is 1. The number of hydrogen-bond acceptors (Lipinski definition) is 5. The zero-order chi connectivity index (χ0) is 17.3. The quantitative estimate of drug-likeness (QED) is 0.477. The molecule has 6 heteroatoms. The maximum Gasteiger partial charge on any atom is 0.316 e. The Kier molecular flexibility index (Phi) is 5.59. The fraction of sp³-hybridized carbons (Fsp3) is 0.611. The van der Waals surface area contributed by atoms with E-state index in [9.17, 15) is 9.90 Å².